The molecule has 1 N–H and O–H groups in total. The molecule has 0 spiro atoms. The number of rotatable bonds is 2. The quantitative estimate of drug-likeness (QED) is 0.896. The molecule has 0 aromatic heterocycles. The summed E-state index contributed by atoms with van der Waals surface area (Å²) in [5.74, 6) is -0.0288. The largest absolute Gasteiger partial charge is 0.348 e. The number of hydrogen-bond acceptors (Lipinski definition) is 3. The van der Waals surface area contributed by atoms with Crippen molar-refractivity contribution in [1.29, 1.82) is 0 Å². The molecule has 1 amide bonds. The van der Waals surface area contributed by atoms with E-state index in [4.69, 9.17) is 0 Å². The second-order valence-corrected chi connectivity index (χ2v) is 7.64. The van der Waals surface area contributed by atoms with Crippen LogP contribution in [0.25, 0.3) is 0 Å². The van der Waals surface area contributed by atoms with E-state index in [1.165, 1.54) is 0 Å². The van der Waals surface area contributed by atoms with E-state index in [0.29, 0.717) is 12.0 Å². The molecule has 0 saturated carbocycles. The zero-order valence-electron chi connectivity index (χ0n) is 9.94. The lowest BCUT2D eigenvalue weighted by atomic mass is 10.1. The van der Waals surface area contributed by atoms with E-state index in [1.54, 1.807) is 6.07 Å². The molecule has 1 saturated heterocycles. The molecule has 2 rings (SSSR count). The van der Waals surface area contributed by atoms with Crippen LogP contribution in [0.4, 0.5) is 0 Å². The summed E-state index contributed by atoms with van der Waals surface area (Å²) in [6, 6.07) is 5.18. The van der Waals surface area contributed by atoms with Gasteiger partial charge >= 0.3 is 0 Å². The Hall–Kier alpha value is -0.880. The predicted molar refractivity (Wildman–Crippen MR) is 73.4 cm³/mol. The smallest absolute Gasteiger partial charge is 0.252 e. The Labute approximate surface area is 115 Å². The fourth-order valence-electron chi connectivity index (χ4n) is 1.98. The first-order valence-corrected chi connectivity index (χ1v) is 8.26. The predicted octanol–water partition coefficient (Wildman–Crippen LogP) is 1.67. The average molecular weight is 332 g/mol. The molecule has 1 aliphatic rings. The number of carbonyl (C=O) groups is 1. The second-order valence-electron chi connectivity index (χ2n) is 4.56. The normalized spacial score (nSPS) is 21.8. The van der Waals surface area contributed by atoms with Crippen molar-refractivity contribution in [1.82, 2.24) is 5.32 Å². The first-order chi connectivity index (χ1) is 8.37. The number of halogens is 1. The van der Waals surface area contributed by atoms with Crippen LogP contribution in [-0.4, -0.2) is 31.9 Å². The highest BCUT2D eigenvalue weighted by Gasteiger charge is 2.29. The third kappa shape index (κ3) is 3.11. The number of amides is 1. The van der Waals surface area contributed by atoms with Crippen molar-refractivity contribution < 1.29 is 13.2 Å². The lowest BCUT2D eigenvalue weighted by molar-refractivity contribution is 0.0940. The van der Waals surface area contributed by atoms with Gasteiger partial charge in [0.05, 0.1) is 17.1 Å². The van der Waals surface area contributed by atoms with E-state index >= 15 is 0 Å². The second kappa shape index (κ2) is 5.01. The van der Waals surface area contributed by atoms with Crippen LogP contribution in [0.5, 0.6) is 0 Å². The highest BCUT2D eigenvalue weighted by Crippen LogP contribution is 2.19. The van der Waals surface area contributed by atoms with Gasteiger partial charge in [0.2, 0.25) is 0 Å². The molecule has 6 heteroatoms. The third-order valence-electron chi connectivity index (χ3n) is 2.94. The summed E-state index contributed by atoms with van der Waals surface area (Å²) in [6.45, 7) is 1.94. The Bertz CT molecular complexity index is 583. The number of benzene rings is 1. The molecular weight excluding hydrogens is 318 g/mol. The minimum Gasteiger partial charge on any atom is -0.348 e. The molecule has 0 radical (unpaired) electrons. The van der Waals surface area contributed by atoms with Gasteiger partial charge < -0.3 is 5.32 Å². The summed E-state index contributed by atoms with van der Waals surface area (Å²) < 4.78 is 23.3. The standard InChI is InChI=1S/C12H14BrNO3S/c1-8-2-3-10(11(13)6-8)12(15)14-9-4-5-18(16,17)7-9/h2-3,6,9H,4-5,7H2,1H3,(H,14,15). The van der Waals surface area contributed by atoms with Gasteiger partial charge in [-0.2, -0.15) is 0 Å². The van der Waals surface area contributed by atoms with E-state index in [0.717, 1.165) is 10.0 Å². The van der Waals surface area contributed by atoms with E-state index in [-0.39, 0.29) is 23.5 Å². The number of aryl methyl sites for hydroxylation is 1. The van der Waals surface area contributed by atoms with Crippen LogP contribution in [0.15, 0.2) is 22.7 Å². The molecule has 1 atom stereocenters. The molecular formula is C12H14BrNO3S. The van der Waals surface area contributed by atoms with Crippen molar-refractivity contribution in [2.75, 3.05) is 11.5 Å². The van der Waals surface area contributed by atoms with Crippen LogP contribution >= 0.6 is 15.9 Å². The maximum Gasteiger partial charge on any atom is 0.252 e. The lowest BCUT2D eigenvalue weighted by Gasteiger charge is -2.12. The molecule has 98 valence electrons. The maximum absolute atomic E-state index is 12.0. The van der Waals surface area contributed by atoms with Crippen molar-refractivity contribution in [3.8, 4) is 0 Å². The van der Waals surface area contributed by atoms with Crippen LogP contribution < -0.4 is 5.32 Å². The van der Waals surface area contributed by atoms with Gasteiger partial charge in [-0.1, -0.05) is 6.07 Å². The monoisotopic (exact) mass is 331 g/mol. The molecule has 1 unspecified atom stereocenters. The van der Waals surface area contributed by atoms with E-state index in [2.05, 4.69) is 21.2 Å². The number of carbonyl (C=O) groups excluding carboxylic acids is 1. The Kier molecular flexibility index (Phi) is 3.77. The van der Waals surface area contributed by atoms with E-state index < -0.39 is 9.84 Å². The van der Waals surface area contributed by atoms with Gasteiger partial charge in [0, 0.05) is 10.5 Å². The molecule has 1 aromatic rings. The molecule has 1 heterocycles. The van der Waals surface area contributed by atoms with Crippen molar-refractivity contribution in [2.24, 2.45) is 0 Å². The molecule has 1 aromatic carbocycles. The van der Waals surface area contributed by atoms with Gasteiger partial charge in [-0.3, -0.25) is 4.79 Å². The highest BCUT2D eigenvalue weighted by molar-refractivity contribution is 9.10. The van der Waals surface area contributed by atoms with Crippen LogP contribution in [0, 0.1) is 6.92 Å². The third-order valence-corrected chi connectivity index (χ3v) is 5.36. The van der Waals surface area contributed by atoms with Crippen LogP contribution in [0.1, 0.15) is 22.3 Å². The molecule has 18 heavy (non-hydrogen) atoms. The van der Waals surface area contributed by atoms with Crippen LogP contribution in [0.3, 0.4) is 0 Å². The fourth-order valence-corrected chi connectivity index (χ4v) is 4.32. The van der Waals surface area contributed by atoms with E-state index in [1.807, 2.05) is 19.1 Å². The van der Waals surface area contributed by atoms with Gasteiger partial charge in [-0.05, 0) is 47.0 Å². The Morgan fingerprint density at radius 3 is 2.72 bits per heavy atom. The summed E-state index contributed by atoms with van der Waals surface area (Å²) in [4.78, 5) is 12.0. The first kappa shape index (κ1) is 13.5. The van der Waals surface area contributed by atoms with Gasteiger partial charge in [0.1, 0.15) is 0 Å². The van der Waals surface area contributed by atoms with Gasteiger partial charge in [0.15, 0.2) is 9.84 Å². The summed E-state index contributed by atoms with van der Waals surface area (Å²) in [7, 11) is -2.97. The molecule has 4 nitrogen and oxygen atoms in total. The number of nitrogens with one attached hydrogen (secondary N) is 1. The molecule has 1 fully saturated rings. The average Bonchev–Trinajstić information content (AvgIpc) is 2.57. The number of hydrogen-bond donors (Lipinski definition) is 1. The molecule has 0 aliphatic carbocycles. The zero-order valence-corrected chi connectivity index (χ0v) is 12.3. The van der Waals surface area contributed by atoms with Crippen LogP contribution in [0.2, 0.25) is 0 Å². The van der Waals surface area contributed by atoms with Crippen molar-refractivity contribution in [2.45, 2.75) is 19.4 Å². The topological polar surface area (TPSA) is 63.2 Å². The zero-order chi connectivity index (χ0) is 13.3. The highest BCUT2D eigenvalue weighted by atomic mass is 79.9. The van der Waals surface area contributed by atoms with E-state index in [9.17, 15) is 13.2 Å². The SMILES string of the molecule is Cc1ccc(C(=O)NC2CCS(=O)(=O)C2)c(Br)c1. The maximum atomic E-state index is 12.0. The first-order valence-electron chi connectivity index (χ1n) is 5.65. The summed E-state index contributed by atoms with van der Waals surface area (Å²) in [5, 5.41) is 2.76. The van der Waals surface area contributed by atoms with Gasteiger partial charge in [0.25, 0.3) is 5.91 Å². The van der Waals surface area contributed by atoms with Gasteiger partial charge in [-0.15, -0.1) is 0 Å². The summed E-state index contributed by atoms with van der Waals surface area (Å²) in [5.41, 5.74) is 1.59. The van der Waals surface area contributed by atoms with Gasteiger partial charge in [-0.25, -0.2) is 8.42 Å². The Morgan fingerprint density at radius 2 is 2.17 bits per heavy atom. The molecule has 1 aliphatic heterocycles. The fraction of sp³-hybridized carbons (Fsp3) is 0.417. The number of sulfone groups is 1. The lowest BCUT2D eigenvalue weighted by Crippen LogP contribution is -2.35. The summed E-state index contributed by atoms with van der Waals surface area (Å²) >= 11 is 3.34. The van der Waals surface area contributed by atoms with Crippen molar-refractivity contribution in [3.05, 3.63) is 33.8 Å². The summed E-state index contributed by atoms with van der Waals surface area (Å²) in [6.07, 6.45) is 0.498. The van der Waals surface area contributed by atoms with Crippen molar-refractivity contribution in [3.63, 3.8) is 0 Å². The minimum atomic E-state index is -2.97. The Balaban J connectivity index is 2.09. The minimum absolute atomic E-state index is 0.0439. The Morgan fingerprint density at radius 1 is 1.44 bits per heavy atom. The molecule has 0 bridgehead atoms. The van der Waals surface area contributed by atoms with Crippen LogP contribution in [-0.2, 0) is 9.84 Å². The van der Waals surface area contributed by atoms with Crippen molar-refractivity contribution >= 4 is 31.7 Å².